The third-order valence-corrected chi connectivity index (χ3v) is 5.19. The number of carbonyl (C=O) groups is 2. The summed E-state index contributed by atoms with van der Waals surface area (Å²) in [6.07, 6.45) is 1.18. The van der Waals surface area contributed by atoms with Crippen LogP contribution < -0.4 is 10.1 Å². The van der Waals surface area contributed by atoms with Crippen molar-refractivity contribution in [2.45, 2.75) is 72.6 Å². The molecule has 1 aliphatic heterocycles. The number of fused-ring (bicyclic) bond motifs is 1. The van der Waals surface area contributed by atoms with Crippen LogP contribution in [0.3, 0.4) is 0 Å². The third kappa shape index (κ3) is 4.11. The molecule has 0 radical (unpaired) electrons. The SMILES string of the molecule is CC(=O)c1c(C)nn(C(C)CC(=O)NCc2ccc3c(c2)CC(C)(C)O3)c1C. The Morgan fingerprint density at radius 2 is 2.04 bits per heavy atom. The molecule has 1 amide bonds. The molecule has 1 aliphatic rings. The number of aryl methyl sites for hydroxylation is 1. The number of aromatic nitrogens is 2. The number of nitrogens with one attached hydrogen (secondary N) is 1. The molecular weight excluding hydrogens is 354 g/mol. The third-order valence-electron chi connectivity index (χ3n) is 5.19. The molecule has 0 saturated heterocycles. The van der Waals surface area contributed by atoms with E-state index in [-0.39, 0.29) is 23.3 Å². The molecule has 2 heterocycles. The molecule has 0 spiro atoms. The highest BCUT2D eigenvalue weighted by molar-refractivity contribution is 5.96. The Bertz CT molecular complexity index is 927. The van der Waals surface area contributed by atoms with Crippen molar-refractivity contribution >= 4 is 11.7 Å². The largest absolute Gasteiger partial charge is 0.487 e. The van der Waals surface area contributed by atoms with E-state index in [4.69, 9.17) is 4.74 Å². The standard InChI is InChI=1S/C22H29N3O3/c1-13(25-15(3)21(16(4)26)14(2)24-25)9-20(27)23-12-17-7-8-19-18(10-17)11-22(5,6)28-19/h7-8,10,13H,9,11-12H2,1-6H3,(H,23,27). The average molecular weight is 383 g/mol. The first-order chi connectivity index (χ1) is 13.1. The highest BCUT2D eigenvalue weighted by Gasteiger charge is 2.29. The first-order valence-corrected chi connectivity index (χ1v) is 9.71. The number of ketones is 1. The molecule has 1 aromatic carbocycles. The van der Waals surface area contributed by atoms with Gasteiger partial charge in [-0.3, -0.25) is 14.3 Å². The highest BCUT2D eigenvalue weighted by Crippen LogP contribution is 2.35. The predicted molar refractivity (Wildman–Crippen MR) is 108 cm³/mol. The molecule has 2 aromatic rings. The summed E-state index contributed by atoms with van der Waals surface area (Å²) in [5.41, 5.74) is 4.25. The van der Waals surface area contributed by atoms with Gasteiger partial charge in [-0.25, -0.2) is 0 Å². The van der Waals surface area contributed by atoms with Crippen molar-refractivity contribution in [3.8, 4) is 5.75 Å². The molecule has 3 rings (SSSR count). The fourth-order valence-electron chi connectivity index (χ4n) is 4.00. The number of amides is 1. The van der Waals surface area contributed by atoms with Crippen molar-refractivity contribution in [1.29, 1.82) is 0 Å². The Hall–Kier alpha value is -2.63. The first-order valence-electron chi connectivity index (χ1n) is 9.71. The summed E-state index contributed by atoms with van der Waals surface area (Å²) >= 11 is 0. The van der Waals surface area contributed by atoms with Crippen LogP contribution >= 0.6 is 0 Å². The van der Waals surface area contributed by atoms with Gasteiger partial charge < -0.3 is 10.1 Å². The monoisotopic (exact) mass is 383 g/mol. The molecule has 0 fully saturated rings. The average Bonchev–Trinajstić information content (AvgIpc) is 3.06. The highest BCUT2D eigenvalue weighted by atomic mass is 16.5. The number of Topliss-reactive ketones (excluding diaryl/α,β-unsaturated/α-hetero) is 1. The molecule has 150 valence electrons. The van der Waals surface area contributed by atoms with Gasteiger partial charge in [-0.1, -0.05) is 12.1 Å². The second-order valence-electron chi connectivity index (χ2n) is 8.36. The summed E-state index contributed by atoms with van der Waals surface area (Å²) < 4.78 is 7.67. The molecule has 6 heteroatoms. The zero-order valence-electron chi connectivity index (χ0n) is 17.5. The zero-order chi connectivity index (χ0) is 20.6. The van der Waals surface area contributed by atoms with Crippen LogP contribution in [0.15, 0.2) is 18.2 Å². The fraction of sp³-hybridized carbons (Fsp3) is 0.500. The summed E-state index contributed by atoms with van der Waals surface area (Å²) in [5.74, 6) is 0.891. The number of carbonyl (C=O) groups excluding carboxylic acids is 2. The molecule has 1 unspecified atom stereocenters. The summed E-state index contributed by atoms with van der Waals surface area (Å²) in [6.45, 7) is 11.8. The lowest BCUT2D eigenvalue weighted by molar-refractivity contribution is -0.122. The van der Waals surface area contributed by atoms with Crippen LogP contribution in [0.25, 0.3) is 0 Å². The molecule has 0 bridgehead atoms. The van der Waals surface area contributed by atoms with Crippen LogP contribution in [0.1, 0.15) is 73.0 Å². The van der Waals surface area contributed by atoms with Crippen molar-refractivity contribution in [2.75, 3.05) is 0 Å². The van der Waals surface area contributed by atoms with Gasteiger partial charge in [-0.2, -0.15) is 5.10 Å². The van der Waals surface area contributed by atoms with Gasteiger partial charge >= 0.3 is 0 Å². The maximum absolute atomic E-state index is 12.4. The Morgan fingerprint density at radius 3 is 2.68 bits per heavy atom. The molecule has 1 aromatic heterocycles. The van der Waals surface area contributed by atoms with Crippen molar-refractivity contribution in [3.05, 3.63) is 46.3 Å². The van der Waals surface area contributed by atoms with Crippen LogP contribution in [0.5, 0.6) is 5.75 Å². The molecule has 1 atom stereocenters. The quantitative estimate of drug-likeness (QED) is 0.772. The minimum atomic E-state index is -0.169. The summed E-state index contributed by atoms with van der Waals surface area (Å²) in [4.78, 5) is 24.2. The Morgan fingerprint density at radius 1 is 1.32 bits per heavy atom. The molecule has 0 aliphatic carbocycles. The number of hydrogen-bond acceptors (Lipinski definition) is 4. The Balaban J connectivity index is 1.60. The first kappa shape index (κ1) is 20.1. The van der Waals surface area contributed by atoms with E-state index in [1.807, 2.05) is 32.9 Å². The van der Waals surface area contributed by atoms with E-state index in [0.29, 0.717) is 24.2 Å². The van der Waals surface area contributed by atoms with Crippen LogP contribution in [0, 0.1) is 13.8 Å². The second kappa shape index (κ2) is 7.41. The second-order valence-corrected chi connectivity index (χ2v) is 8.36. The maximum Gasteiger partial charge on any atom is 0.222 e. The van der Waals surface area contributed by atoms with E-state index < -0.39 is 0 Å². The van der Waals surface area contributed by atoms with Gasteiger partial charge in [-0.05, 0) is 58.7 Å². The van der Waals surface area contributed by atoms with Gasteiger partial charge in [0, 0.05) is 25.1 Å². The zero-order valence-corrected chi connectivity index (χ0v) is 17.5. The summed E-state index contributed by atoms with van der Waals surface area (Å²) in [6, 6.07) is 5.95. The van der Waals surface area contributed by atoms with Gasteiger partial charge in [0.25, 0.3) is 0 Å². The van der Waals surface area contributed by atoms with Crippen LogP contribution in [0.2, 0.25) is 0 Å². The van der Waals surface area contributed by atoms with Gasteiger partial charge in [0.15, 0.2) is 5.78 Å². The summed E-state index contributed by atoms with van der Waals surface area (Å²) in [7, 11) is 0. The lowest BCUT2D eigenvalue weighted by Gasteiger charge is -2.16. The number of ether oxygens (including phenoxy) is 1. The van der Waals surface area contributed by atoms with Crippen molar-refractivity contribution < 1.29 is 14.3 Å². The lowest BCUT2D eigenvalue weighted by Crippen LogP contribution is -2.26. The number of nitrogens with zero attached hydrogens (tertiary/aromatic N) is 2. The fourth-order valence-corrected chi connectivity index (χ4v) is 4.00. The van der Waals surface area contributed by atoms with E-state index in [1.54, 1.807) is 11.6 Å². The topological polar surface area (TPSA) is 73.2 Å². The van der Waals surface area contributed by atoms with Gasteiger partial charge in [0.2, 0.25) is 5.91 Å². The Kier molecular flexibility index (Phi) is 5.33. The smallest absolute Gasteiger partial charge is 0.222 e. The predicted octanol–water partition coefficient (Wildman–Crippen LogP) is 3.68. The van der Waals surface area contributed by atoms with E-state index in [1.165, 1.54) is 5.56 Å². The maximum atomic E-state index is 12.4. The molecule has 28 heavy (non-hydrogen) atoms. The molecule has 1 N–H and O–H groups in total. The van der Waals surface area contributed by atoms with Gasteiger partial charge in [0.1, 0.15) is 11.4 Å². The van der Waals surface area contributed by atoms with Gasteiger partial charge in [-0.15, -0.1) is 0 Å². The van der Waals surface area contributed by atoms with E-state index in [2.05, 4.69) is 30.3 Å². The molecule has 6 nitrogen and oxygen atoms in total. The molecular formula is C22H29N3O3. The normalized spacial score (nSPS) is 15.6. The van der Waals surface area contributed by atoms with Crippen molar-refractivity contribution in [3.63, 3.8) is 0 Å². The Labute approximate surface area is 166 Å². The number of benzene rings is 1. The van der Waals surface area contributed by atoms with E-state index in [9.17, 15) is 9.59 Å². The number of rotatable bonds is 6. The van der Waals surface area contributed by atoms with Gasteiger partial charge in [0.05, 0.1) is 17.3 Å². The van der Waals surface area contributed by atoms with E-state index >= 15 is 0 Å². The lowest BCUT2D eigenvalue weighted by atomic mass is 10.0. The minimum Gasteiger partial charge on any atom is -0.487 e. The van der Waals surface area contributed by atoms with Crippen molar-refractivity contribution in [1.82, 2.24) is 15.1 Å². The number of hydrogen-bond donors (Lipinski definition) is 1. The van der Waals surface area contributed by atoms with E-state index in [0.717, 1.165) is 23.4 Å². The van der Waals surface area contributed by atoms with Crippen LogP contribution in [-0.4, -0.2) is 27.1 Å². The van der Waals surface area contributed by atoms with Crippen molar-refractivity contribution in [2.24, 2.45) is 0 Å². The molecule has 0 saturated carbocycles. The minimum absolute atomic E-state index is 0.00154. The summed E-state index contributed by atoms with van der Waals surface area (Å²) in [5, 5.41) is 7.44. The van der Waals surface area contributed by atoms with Crippen LogP contribution in [-0.2, 0) is 17.8 Å². The van der Waals surface area contributed by atoms with Crippen LogP contribution in [0.4, 0.5) is 0 Å².